The van der Waals surface area contributed by atoms with Gasteiger partial charge >= 0.3 is 0 Å². The zero-order chi connectivity index (χ0) is 20.4. The van der Waals surface area contributed by atoms with Crippen molar-refractivity contribution in [2.24, 2.45) is 11.7 Å². The molecule has 0 saturated heterocycles. The number of rotatable bonds is 7. The fourth-order valence-corrected chi connectivity index (χ4v) is 3.79. The number of primary amides is 1. The van der Waals surface area contributed by atoms with E-state index in [-0.39, 0.29) is 11.7 Å². The number of benzene rings is 2. The molecule has 0 atom stereocenters. The van der Waals surface area contributed by atoms with Crippen molar-refractivity contribution >= 4 is 34.2 Å². The highest BCUT2D eigenvalue weighted by Gasteiger charge is 2.25. The second-order valence-corrected chi connectivity index (χ2v) is 7.78. The average molecular weight is 397 g/mol. The third-order valence-corrected chi connectivity index (χ3v) is 5.37. The van der Waals surface area contributed by atoms with Crippen molar-refractivity contribution in [1.82, 2.24) is 4.57 Å². The van der Waals surface area contributed by atoms with Gasteiger partial charge in [0, 0.05) is 34.0 Å². The molecule has 0 aliphatic rings. The molecule has 3 rings (SSSR count). The molecule has 2 aromatic carbocycles. The minimum atomic E-state index is -0.485. The van der Waals surface area contributed by atoms with Crippen LogP contribution in [0.25, 0.3) is 10.9 Å². The molecule has 0 spiro atoms. The van der Waals surface area contributed by atoms with Crippen LogP contribution < -0.4 is 5.73 Å². The van der Waals surface area contributed by atoms with Crippen LogP contribution in [0.2, 0.25) is 5.02 Å². The van der Waals surface area contributed by atoms with E-state index < -0.39 is 5.91 Å². The Kier molecular flexibility index (Phi) is 5.90. The Morgan fingerprint density at radius 3 is 2.46 bits per heavy atom. The molecular weight excluding hydrogens is 372 g/mol. The molecule has 4 nitrogen and oxygen atoms in total. The second-order valence-electron chi connectivity index (χ2n) is 7.37. The quantitative estimate of drug-likeness (QED) is 0.555. The maximum absolute atomic E-state index is 13.2. The number of nitrogens with two attached hydrogens (primary N) is 1. The molecule has 1 heterocycles. The minimum Gasteiger partial charge on any atom is -0.366 e. The number of carbonyl (C=O) groups excluding carboxylic acids is 2. The Hall–Kier alpha value is -2.59. The number of hydrogen-bond donors (Lipinski definition) is 1. The third kappa shape index (κ3) is 3.69. The smallest absolute Gasteiger partial charge is 0.248 e. The SMILES string of the molecule is CCCc1c(C(=O)C(C)C)n(Cc2ccccc2Cl)c2cc(C(N)=O)ccc12. The van der Waals surface area contributed by atoms with Crippen molar-refractivity contribution in [2.45, 2.75) is 40.2 Å². The van der Waals surface area contributed by atoms with Gasteiger partial charge in [0.1, 0.15) is 0 Å². The molecule has 0 saturated carbocycles. The molecule has 3 aromatic rings. The zero-order valence-corrected chi connectivity index (χ0v) is 17.2. The Morgan fingerprint density at radius 1 is 1.14 bits per heavy atom. The third-order valence-electron chi connectivity index (χ3n) is 5.00. The highest BCUT2D eigenvalue weighted by atomic mass is 35.5. The molecule has 2 N–H and O–H groups in total. The number of fused-ring (bicyclic) bond motifs is 1. The summed E-state index contributed by atoms with van der Waals surface area (Å²) in [4.78, 5) is 24.9. The van der Waals surface area contributed by atoms with E-state index in [4.69, 9.17) is 17.3 Å². The summed E-state index contributed by atoms with van der Waals surface area (Å²) in [7, 11) is 0. The van der Waals surface area contributed by atoms with Crippen LogP contribution in [0.15, 0.2) is 42.5 Å². The minimum absolute atomic E-state index is 0.0901. The summed E-state index contributed by atoms with van der Waals surface area (Å²) < 4.78 is 2.00. The lowest BCUT2D eigenvalue weighted by Gasteiger charge is -2.14. The predicted molar refractivity (Wildman–Crippen MR) is 114 cm³/mol. The lowest BCUT2D eigenvalue weighted by Crippen LogP contribution is -2.17. The van der Waals surface area contributed by atoms with Gasteiger partial charge in [0.05, 0.1) is 5.69 Å². The van der Waals surface area contributed by atoms with Crippen LogP contribution >= 0.6 is 11.6 Å². The van der Waals surface area contributed by atoms with Crippen molar-refractivity contribution in [3.63, 3.8) is 0 Å². The summed E-state index contributed by atoms with van der Waals surface area (Å²) in [5.74, 6) is -0.533. The Bertz CT molecular complexity index is 1050. The van der Waals surface area contributed by atoms with E-state index in [0.717, 1.165) is 34.9 Å². The molecular formula is C23H25ClN2O2. The molecule has 0 unspecified atom stereocenters. The highest BCUT2D eigenvalue weighted by molar-refractivity contribution is 6.31. The van der Waals surface area contributed by atoms with Crippen LogP contribution in [-0.4, -0.2) is 16.3 Å². The van der Waals surface area contributed by atoms with Gasteiger partial charge in [-0.05, 0) is 35.7 Å². The van der Waals surface area contributed by atoms with Gasteiger partial charge in [-0.15, -0.1) is 0 Å². The van der Waals surface area contributed by atoms with Gasteiger partial charge in [0.15, 0.2) is 5.78 Å². The topological polar surface area (TPSA) is 65.1 Å². The number of amides is 1. The van der Waals surface area contributed by atoms with E-state index in [9.17, 15) is 9.59 Å². The van der Waals surface area contributed by atoms with Crippen LogP contribution in [0.4, 0.5) is 0 Å². The van der Waals surface area contributed by atoms with Gasteiger partial charge in [-0.1, -0.05) is 63.1 Å². The molecule has 1 amide bonds. The number of nitrogens with zero attached hydrogens (tertiary/aromatic N) is 1. The van der Waals surface area contributed by atoms with E-state index in [1.54, 1.807) is 12.1 Å². The Balaban J connectivity index is 2.34. The lowest BCUT2D eigenvalue weighted by molar-refractivity contribution is 0.0929. The number of ketones is 1. The molecule has 146 valence electrons. The van der Waals surface area contributed by atoms with E-state index in [1.165, 1.54) is 0 Å². The van der Waals surface area contributed by atoms with Crippen LogP contribution in [0, 0.1) is 5.92 Å². The Morgan fingerprint density at radius 2 is 1.86 bits per heavy atom. The van der Waals surface area contributed by atoms with Crippen LogP contribution in [0.5, 0.6) is 0 Å². The van der Waals surface area contributed by atoms with Gasteiger partial charge in [0.2, 0.25) is 5.91 Å². The summed E-state index contributed by atoms with van der Waals surface area (Å²) in [5, 5.41) is 1.64. The first-order valence-electron chi connectivity index (χ1n) is 9.57. The molecule has 0 bridgehead atoms. The van der Waals surface area contributed by atoms with Gasteiger partial charge in [0.25, 0.3) is 0 Å². The van der Waals surface area contributed by atoms with E-state index in [0.29, 0.717) is 22.8 Å². The molecule has 28 heavy (non-hydrogen) atoms. The summed E-state index contributed by atoms with van der Waals surface area (Å²) in [6.07, 6.45) is 1.71. The fourth-order valence-electron chi connectivity index (χ4n) is 3.59. The largest absolute Gasteiger partial charge is 0.366 e. The standard InChI is InChI=1S/C23H25ClN2O2/c1-4-7-18-17-11-10-15(23(25)28)12-20(17)26(21(18)22(27)14(2)3)13-16-8-5-6-9-19(16)24/h5-6,8-12,14H,4,7,13H2,1-3H3,(H2,25,28). The van der Waals surface area contributed by atoms with Crippen LogP contribution in [0.3, 0.4) is 0 Å². The first-order valence-corrected chi connectivity index (χ1v) is 9.95. The molecule has 0 fully saturated rings. The van der Waals surface area contributed by atoms with Crippen molar-refractivity contribution in [1.29, 1.82) is 0 Å². The monoisotopic (exact) mass is 396 g/mol. The van der Waals surface area contributed by atoms with Gasteiger partial charge in [-0.3, -0.25) is 9.59 Å². The van der Waals surface area contributed by atoms with E-state index in [1.807, 2.05) is 48.7 Å². The van der Waals surface area contributed by atoms with Crippen molar-refractivity contribution in [3.8, 4) is 0 Å². The number of hydrogen-bond acceptors (Lipinski definition) is 2. The zero-order valence-electron chi connectivity index (χ0n) is 16.5. The molecule has 0 radical (unpaired) electrons. The van der Waals surface area contributed by atoms with Gasteiger partial charge in [-0.25, -0.2) is 0 Å². The normalized spacial score (nSPS) is 11.3. The average Bonchev–Trinajstić information content (AvgIpc) is 2.96. The number of carbonyl (C=O) groups is 2. The maximum atomic E-state index is 13.2. The predicted octanol–water partition coefficient (Wildman–Crippen LogP) is 5.23. The first-order chi connectivity index (χ1) is 13.3. The highest BCUT2D eigenvalue weighted by Crippen LogP contribution is 2.32. The molecule has 0 aliphatic heterocycles. The van der Waals surface area contributed by atoms with Crippen molar-refractivity contribution < 1.29 is 9.59 Å². The Labute approximate surface area is 170 Å². The number of aryl methyl sites for hydroxylation is 1. The van der Waals surface area contributed by atoms with Gasteiger partial charge < -0.3 is 10.3 Å². The van der Waals surface area contributed by atoms with E-state index in [2.05, 4.69) is 6.92 Å². The van der Waals surface area contributed by atoms with Crippen molar-refractivity contribution in [3.05, 3.63) is 69.9 Å². The summed E-state index contributed by atoms with van der Waals surface area (Å²) in [6.45, 7) is 6.36. The fraction of sp³-hybridized carbons (Fsp3) is 0.304. The van der Waals surface area contributed by atoms with E-state index >= 15 is 0 Å². The molecule has 0 aliphatic carbocycles. The maximum Gasteiger partial charge on any atom is 0.248 e. The summed E-state index contributed by atoms with van der Waals surface area (Å²) >= 11 is 6.40. The first kappa shape index (κ1) is 20.2. The van der Waals surface area contributed by atoms with Gasteiger partial charge in [-0.2, -0.15) is 0 Å². The van der Waals surface area contributed by atoms with Crippen molar-refractivity contribution in [2.75, 3.05) is 0 Å². The summed E-state index contributed by atoms with van der Waals surface area (Å²) in [6, 6.07) is 13.0. The number of Topliss-reactive ketones (excluding diaryl/α,β-unsaturated/α-hetero) is 1. The van der Waals surface area contributed by atoms with Crippen LogP contribution in [-0.2, 0) is 13.0 Å². The lowest BCUT2D eigenvalue weighted by atomic mass is 9.98. The number of aromatic nitrogens is 1. The second kappa shape index (κ2) is 8.19. The van der Waals surface area contributed by atoms with Crippen LogP contribution in [0.1, 0.15) is 59.2 Å². The summed E-state index contributed by atoms with van der Waals surface area (Å²) in [5.41, 5.74) is 9.42. The number of halogens is 1. The molecule has 1 aromatic heterocycles. The molecule has 5 heteroatoms.